The van der Waals surface area contributed by atoms with E-state index in [2.05, 4.69) is 13.2 Å². The lowest BCUT2D eigenvalue weighted by Crippen LogP contribution is -2.13. The third-order valence-electron chi connectivity index (χ3n) is 1.59. The number of allylic oxidation sites excluding steroid dienone is 3. The number of hydrogen-bond acceptors (Lipinski definition) is 3. The molecule has 4 heteroatoms. The van der Waals surface area contributed by atoms with Gasteiger partial charge in [0, 0.05) is 6.61 Å². The van der Waals surface area contributed by atoms with Crippen molar-refractivity contribution in [2.24, 2.45) is 0 Å². The highest BCUT2D eigenvalue weighted by molar-refractivity contribution is 6.00. The monoisotopic (exact) mass is 214 g/mol. The molecular weight excluding hydrogens is 199 g/mol. The van der Waals surface area contributed by atoms with Gasteiger partial charge in [0.1, 0.15) is 18.2 Å². The van der Waals surface area contributed by atoms with Crippen LogP contribution >= 0.6 is 0 Å². The molecule has 84 valence electrons. The van der Waals surface area contributed by atoms with E-state index >= 15 is 0 Å². The van der Waals surface area contributed by atoms with E-state index in [0.29, 0.717) is 6.61 Å². The van der Waals surface area contributed by atoms with Crippen LogP contribution in [0.15, 0.2) is 36.4 Å². The zero-order chi connectivity index (χ0) is 11.8. The van der Waals surface area contributed by atoms with Gasteiger partial charge < -0.3 is 9.47 Å². The van der Waals surface area contributed by atoms with Gasteiger partial charge in [0.25, 0.3) is 0 Å². The van der Waals surface area contributed by atoms with Crippen molar-refractivity contribution < 1.29 is 18.7 Å². The average Bonchev–Trinajstić information content (AvgIpc) is 2.21. The van der Waals surface area contributed by atoms with Crippen LogP contribution in [0.3, 0.4) is 0 Å². The molecule has 0 saturated carbocycles. The minimum absolute atomic E-state index is 0.0402. The summed E-state index contributed by atoms with van der Waals surface area (Å²) in [7, 11) is 1.35. The maximum atomic E-state index is 12.6. The Morgan fingerprint density at radius 3 is 2.47 bits per heavy atom. The lowest BCUT2D eigenvalue weighted by Gasteiger charge is -2.08. The molecule has 0 aromatic rings. The van der Waals surface area contributed by atoms with Crippen LogP contribution in [-0.4, -0.2) is 26.1 Å². The topological polar surface area (TPSA) is 35.5 Å². The first kappa shape index (κ1) is 13.6. The summed E-state index contributed by atoms with van der Waals surface area (Å²) in [6.45, 7) is 8.57. The predicted octanol–water partition coefficient (Wildman–Crippen LogP) is 2.16. The Morgan fingerprint density at radius 1 is 1.47 bits per heavy atom. The van der Waals surface area contributed by atoms with Crippen molar-refractivity contribution >= 4 is 5.78 Å². The lowest BCUT2D eigenvalue weighted by atomic mass is 10.1. The largest absolute Gasteiger partial charge is 0.497 e. The Kier molecular flexibility index (Phi) is 6.29. The number of methoxy groups -OCH3 is 1. The summed E-state index contributed by atoms with van der Waals surface area (Å²) in [5, 5.41) is 0. The molecule has 3 nitrogen and oxygen atoms in total. The number of ketones is 1. The number of rotatable bonds is 7. The molecule has 0 N–H and O–H groups in total. The second-order valence-corrected chi connectivity index (χ2v) is 2.69. The first-order valence-electron chi connectivity index (χ1n) is 4.43. The second kappa shape index (κ2) is 6.95. The zero-order valence-corrected chi connectivity index (χ0v) is 9.01. The summed E-state index contributed by atoms with van der Waals surface area (Å²) < 4.78 is 22.3. The molecule has 0 heterocycles. The number of carbonyl (C=O) groups excluding carboxylic acids is 1. The SMILES string of the molecule is C=C(F)/C=C(\C(=C)OC)C(=O)COCC. The van der Waals surface area contributed by atoms with Crippen molar-refractivity contribution in [2.45, 2.75) is 6.92 Å². The van der Waals surface area contributed by atoms with Crippen molar-refractivity contribution in [1.82, 2.24) is 0 Å². The molecule has 0 aromatic heterocycles. The Balaban J connectivity index is 4.71. The van der Waals surface area contributed by atoms with Crippen molar-refractivity contribution in [3.63, 3.8) is 0 Å². The van der Waals surface area contributed by atoms with Crippen LogP contribution in [0.5, 0.6) is 0 Å². The summed E-state index contributed by atoms with van der Waals surface area (Å²) in [4.78, 5) is 11.5. The molecule has 0 aliphatic heterocycles. The highest BCUT2D eigenvalue weighted by Crippen LogP contribution is 2.13. The van der Waals surface area contributed by atoms with Crippen LogP contribution in [0.25, 0.3) is 0 Å². The molecule has 0 aromatic carbocycles. The van der Waals surface area contributed by atoms with Gasteiger partial charge in [-0.15, -0.1) is 0 Å². The number of ether oxygens (including phenoxy) is 2. The van der Waals surface area contributed by atoms with Gasteiger partial charge in [0.15, 0.2) is 5.78 Å². The van der Waals surface area contributed by atoms with E-state index in [1.807, 2.05) is 0 Å². The molecule has 0 radical (unpaired) electrons. The maximum absolute atomic E-state index is 12.6. The van der Waals surface area contributed by atoms with Crippen LogP contribution in [-0.2, 0) is 14.3 Å². The molecule has 0 amide bonds. The standard InChI is InChI=1S/C11H15FO3/c1-5-15-7-11(13)10(6-8(2)12)9(3)14-4/h6H,2-3,5,7H2,1,4H3/b10-6+. The summed E-state index contributed by atoms with van der Waals surface area (Å²) in [5.74, 6) is -1.02. The smallest absolute Gasteiger partial charge is 0.192 e. The average molecular weight is 214 g/mol. The van der Waals surface area contributed by atoms with E-state index in [-0.39, 0.29) is 23.7 Å². The Hall–Kier alpha value is -1.42. The van der Waals surface area contributed by atoms with E-state index < -0.39 is 5.83 Å². The number of Topliss-reactive ketones (excluding diaryl/α,β-unsaturated/α-hetero) is 1. The van der Waals surface area contributed by atoms with E-state index in [4.69, 9.17) is 9.47 Å². The quantitative estimate of drug-likeness (QED) is 0.370. The van der Waals surface area contributed by atoms with Crippen LogP contribution in [0.2, 0.25) is 0 Å². The Bertz CT molecular complexity index is 292. The number of hydrogen-bond donors (Lipinski definition) is 0. The summed E-state index contributed by atoms with van der Waals surface area (Å²) in [5.41, 5.74) is 0.0402. The van der Waals surface area contributed by atoms with Gasteiger partial charge in [-0.3, -0.25) is 4.79 Å². The third-order valence-corrected chi connectivity index (χ3v) is 1.59. The van der Waals surface area contributed by atoms with Gasteiger partial charge >= 0.3 is 0 Å². The van der Waals surface area contributed by atoms with Gasteiger partial charge in [-0.1, -0.05) is 13.2 Å². The molecule has 0 aliphatic rings. The molecular formula is C11H15FO3. The van der Waals surface area contributed by atoms with Gasteiger partial charge in [-0.05, 0) is 13.0 Å². The number of halogens is 1. The van der Waals surface area contributed by atoms with Crippen LogP contribution in [0, 0.1) is 0 Å². The molecule has 0 atom stereocenters. The minimum atomic E-state index is -0.729. The van der Waals surface area contributed by atoms with Crippen molar-refractivity contribution in [2.75, 3.05) is 20.3 Å². The lowest BCUT2D eigenvalue weighted by molar-refractivity contribution is -0.119. The molecule has 0 fully saturated rings. The fraction of sp³-hybridized carbons (Fsp3) is 0.364. The van der Waals surface area contributed by atoms with Crippen LogP contribution in [0.4, 0.5) is 4.39 Å². The Labute approximate surface area is 88.9 Å². The van der Waals surface area contributed by atoms with Crippen molar-refractivity contribution in [3.8, 4) is 0 Å². The number of carbonyl (C=O) groups is 1. The van der Waals surface area contributed by atoms with Gasteiger partial charge in [0.05, 0.1) is 12.7 Å². The van der Waals surface area contributed by atoms with Gasteiger partial charge in [-0.25, -0.2) is 4.39 Å². The van der Waals surface area contributed by atoms with Gasteiger partial charge in [0.2, 0.25) is 0 Å². The third kappa shape index (κ3) is 5.12. The minimum Gasteiger partial charge on any atom is -0.497 e. The van der Waals surface area contributed by atoms with E-state index in [1.165, 1.54) is 7.11 Å². The highest BCUT2D eigenvalue weighted by atomic mass is 19.1. The second-order valence-electron chi connectivity index (χ2n) is 2.69. The van der Waals surface area contributed by atoms with Crippen molar-refractivity contribution in [1.29, 1.82) is 0 Å². The van der Waals surface area contributed by atoms with Crippen LogP contribution < -0.4 is 0 Å². The first-order valence-corrected chi connectivity index (χ1v) is 4.43. The molecule has 0 aliphatic carbocycles. The predicted molar refractivity (Wildman–Crippen MR) is 56.0 cm³/mol. The summed E-state index contributed by atoms with van der Waals surface area (Å²) in [6, 6.07) is 0. The molecule has 15 heavy (non-hydrogen) atoms. The molecule has 0 rings (SSSR count). The van der Waals surface area contributed by atoms with Crippen molar-refractivity contribution in [3.05, 3.63) is 36.4 Å². The zero-order valence-electron chi connectivity index (χ0n) is 9.01. The molecule has 0 unspecified atom stereocenters. The normalized spacial score (nSPS) is 11.0. The maximum Gasteiger partial charge on any atom is 0.192 e. The highest BCUT2D eigenvalue weighted by Gasteiger charge is 2.14. The Morgan fingerprint density at radius 2 is 2.07 bits per heavy atom. The molecule has 0 saturated heterocycles. The summed E-state index contributed by atoms with van der Waals surface area (Å²) >= 11 is 0. The van der Waals surface area contributed by atoms with Gasteiger partial charge in [-0.2, -0.15) is 0 Å². The van der Waals surface area contributed by atoms with Crippen LogP contribution in [0.1, 0.15) is 6.92 Å². The fourth-order valence-electron chi connectivity index (χ4n) is 0.856. The van der Waals surface area contributed by atoms with E-state index in [1.54, 1.807) is 6.92 Å². The first-order chi connectivity index (χ1) is 7.02. The fourth-order valence-corrected chi connectivity index (χ4v) is 0.856. The molecule has 0 bridgehead atoms. The van der Waals surface area contributed by atoms with E-state index in [9.17, 15) is 9.18 Å². The summed E-state index contributed by atoms with van der Waals surface area (Å²) in [6.07, 6.45) is 0.979. The molecule has 0 spiro atoms. The van der Waals surface area contributed by atoms with E-state index in [0.717, 1.165) is 6.08 Å².